The molecule has 43 heavy (non-hydrogen) atoms. The molecule has 0 aromatic carbocycles. The van der Waals surface area contributed by atoms with Gasteiger partial charge in [0.25, 0.3) is 0 Å². The van der Waals surface area contributed by atoms with E-state index in [1.165, 1.54) is 0 Å². The second kappa shape index (κ2) is 25.3. The topological polar surface area (TPSA) is 152 Å². The van der Waals surface area contributed by atoms with Crippen LogP contribution in [0, 0.1) is 0 Å². The highest BCUT2D eigenvalue weighted by Crippen LogP contribution is 2.22. The fourth-order valence-corrected chi connectivity index (χ4v) is 4.54. The van der Waals surface area contributed by atoms with Crippen molar-refractivity contribution in [2.75, 3.05) is 19.8 Å². The van der Waals surface area contributed by atoms with Crippen molar-refractivity contribution in [3.63, 3.8) is 0 Å². The van der Waals surface area contributed by atoms with Crippen molar-refractivity contribution in [1.82, 2.24) is 0 Å². The molecule has 4 N–H and O–H groups in total. The summed E-state index contributed by atoms with van der Waals surface area (Å²) in [6.07, 6.45) is 15.3. The first-order valence-corrected chi connectivity index (χ1v) is 16.0. The Hall–Kier alpha value is -2.08. The van der Waals surface area contributed by atoms with Gasteiger partial charge in [0, 0.05) is 12.8 Å². The van der Waals surface area contributed by atoms with E-state index in [-0.39, 0.29) is 26.1 Å². The molecule has 0 aromatic rings. The van der Waals surface area contributed by atoms with Crippen LogP contribution in [0.25, 0.3) is 0 Å². The molecule has 1 fully saturated rings. The molecule has 248 valence electrons. The number of rotatable bonds is 25. The zero-order valence-corrected chi connectivity index (χ0v) is 26.0. The molecule has 0 aliphatic carbocycles. The average Bonchev–Trinajstić information content (AvgIpc) is 3.00. The van der Waals surface area contributed by atoms with Gasteiger partial charge < -0.3 is 39.4 Å². The first-order chi connectivity index (χ1) is 20.8. The number of carbonyl (C=O) groups excluding carboxylic acids is 2. The number of aliphatic hydroxyl groups excluding tert-OH is 4. The Balaban J connectivity index is 2.45. The average molecular weight is 613 g/mol. The highest BCUT2D eigenvalue weighted by molar-refractivity contribution is 5.70. The summed E-state index contributed by atoms with van der Waals surface area (Å²) in [5, 5.41) is 39.6. The van der Waals surface area contributed by atoms with Crippen LogP contribution < -0.4 is 0 Å². The molecular weight excluding hydrogens is 556 g/mol. The second-order valence-corrected chi connectivity index (χ2v) is 11.0. The van der Waals surface area contributed by atoms with E-state index in [0.29, 0.717) is 12.8 Å². The van der Waals surface area contributed by atoms with Gasteiger partial charge in [0.1, 0.15) is 31.0 Å². The first kappa shape index (κ1) is 38.9. The normalized spacial score (nSPS) is 23.0. The van der Waals surface area contributed by atoms with E-state index in [9.17, 15) is 30.0 Å². The predicted molar refractivity (Wildman–Crippen MR) is 164 cm³/mol. The molecule has 10 nitrogen and oxygen atoms in total. The van der Waals surface area contributed by atoms with Gasteiger partial charge in [-0.2, -0.15) is 0 Å². The van der Waals surface area contributed by atoms with E-state index < -0.39 is 55.4 Å². The van der Waals surface area contributed by atoms with Crippen molar-refractivity contribution < 1.29 is 49.0 Å². The summed E-state index contributed by atoms with van der Waals surface area (Å²) < 4.78 is 21.8. The van der Waals surface area contributed by atoms with E-state index in [0.717, 1.165) is 70.6 Å². The lowest BCUT2D eigenvalue weighted by Crippen LogP contribution is -2.59. The van der Waals surface area contributed by atoms with E-state index in [4.69, 9.17) is 18.9 Å². The van der Waals surface area contributed by atoms with Crippen LogP contribution in [0.15, 0.2) is 37.0 Å². The molecule has 0 saturated carbocycles. The van der Waals surface area contributed by atoms with Gasteiger partial charge in [0.2, 0.25) is 0 Å². The third-order valence-corrected chi connectivity index (χ3v) is 7.17. The Morgan fingerprint density at radius 3 is 2.12 bits per heavy atom. The monoisotopic (exact) mass is 612 g/mol. The quantitative estimate of drug-likeness (QED) is 0.0662. The summed E-state index contributed by atoms with van der Waals surface area (Å²) >= 11 is 0. The molecule has 1 rings (SSSR count). The summed E-state index contributed by atoms with van der Waals surface area (Å²) in [5.74, 6) is -0.852. The zero-order chi connectivity index (χ0) is 31.7. The number of aliphatic hydroxyl groups is 4. The molecule has 0 aromatic heterocycles. The van der Waals surface area contributed by atoms with Crippen LogP contribution in [0.3, 0.4) is 0 Å². The Kier molecular flexibility index (Phi) is 22.9. The first-order valence-electron chi connectivity index (χ1n) is 16.0. The summed E-state index contributed by atoms with van der Waals surface area (Å²) in [7, 11) is 0. The molecule has 1 aliphatic rings. The van der Waals surface area contributed by atoms with Crippen LogP contribution in [0.4, 0.5) is 0 Å². The fraction of sp³-hybridized carbons (Fsp3) is 0.758. The van der Waals surface area contributed by atoms with Crippen LogP contribution in [-0.2, 0) is 28.5 Å². The number of unbranched alkanes of at least 4 members (excludes halogenated alkanes) is 9. The highest BCUT2D eigenvalue weighted by atomic mass is 16.7. The maximum absolute atomic E-state index is 12.6. The van der Waals surface area contributed by atoms with Crippen molar-refractivity contribution in [3.8, 4) is 0 Å². The van der Waals surface area contributed by atoms with Crippen molar-refractivity contribution >= 4 is 11.9 Å². The lowest BCUT2D eigenvalue weighted by atomic mass is 9.99. The molecule has 6 atom stereocenters. The number of esters is 2. The minimum absolute atomic E-state index is 0.207. The zero-order valence-electron chi connectivity index (χ0n) is 26.0. The second-order valence-electron chi connectivity index (χ2n) is 11.0. The number of ether oxygens (including phenoxy) is 4. The smallest absolute Gasteiger partial charge is 0.306 e. The fourth-order valence-electron chi connectivity index (χ4n) is 4.54. The SMILES string of the molecule is C=CC/C=C/C/C=C\CCCCCCCC(=O)O[C@H](COC(=O)CCCCCCC)CO[C@@H]1O[C@H](CO)[C@H](O)[C@H](O)[C@H]1O. The number of hydrogen-bond donors (Lipinski definition) is 4. The minimum atomic E-state index is -1.59. The summed E-state index contributed by atoms with van der Waals surface area (Å²) in [5.41, 5.74) is 0. The molecule has 1 heterocycles. The molecule has 0 spiro atoms. The predicted octanol–water partition coefficient (Wildman–Crippen LogP) is 4.43. The Labute approximate surface area is 257 Å². The van der Waals surface area contributed by atoms with Crippen molar-refractivity contribution in [2.45, 2.75) is 140 Å². The van der Waals surface area contributed by atoms with Gasteiger partial charge in [-0.05, 0) is 38.5 Å². The molecule has 0 radical (unpaired) electrons. The third-order valence-electron chi connectivity index (χ3n) is 7.17. The van der Waals surface area contributed by atoms with Crippen LogP contribution in [0.2, 0.25) is 0 Å². The molecule has 0 bridgehead atoms. The van der Waals surface area contributed by atoms with Gasteiger partial charge >= 0.3 is 11.9 Å². The molecule has 0 unspecified atom stereocenters. The van der Waals surface area contributed by atoms with Crippen LogP contribution >= 0.6 is 0 Å². The van der Waals surface area contributed by atoms with Crippen molar-refractivity contribution in [3.05, 3.63) is 37.0 Å². The van der Waals surface area contributed by atoms with Crippen LogP contribution in [0.5, 0.6) is 0 Å². The van der Waals surface area contributed by atoms with Crippen molar-refractivity contribution in [2.24, 2.45) is 0 Å². The van der Waals surface area contributed by atoms with Gasteiger partial charge in [0.05, 0.1) is 13.2 Å². The van der Waals surface area contributed by atoms with Gasteiger partial charge in [-0.1, -0.05) is 82.2 Å². The van der Waals surface area contributed by atoms with Gasteiger partial charge in [-0.3, -0.25) is 9.59 Å². The van der Waals surface area contributed by atoms with E-state index >= 15 is 0 Å². The molecule has 1 saturated heterocycles. The Morgan fingerprint density at radius 2 is 1.42 bits per heavy atom. The lowest BCUT2D eigenvalue weighted by Gasteiger charge is -2.39. The maximum Gasteiger partial charge on any atom is 0.306 e. The maximum atomic E-state index is 12.6. The van der Waals surface area contributed by atoms with Crippen LogP contribution in [0.1, 0.15) is 103 Å². The number of carbonyl (C=O) groups is 2. The van der Waals surface area contributed by atoms with E-state index in [2.05, 4.69) is 37.8 Å². The van der Waals surface area contributed by atoms with Gasteiger partial charge in [-0.15, -0.1) is 6.58 Å². The Bertz CT molecular complexity index is 797. The van der Waals surface area contributed by atoms with E-state index in [1.54, 1.807) is 0 Å². The van der Waals surface area contributed by atoms with Crippen LogP contribution in [-0.4, -0.2) is 89.0 Å². The summed E-state index contributed by atoms with van der Waals surface area (Å²) in [6, 6.07) is 0. The van der Waals surface area contributed by atoms with Gasteiger partial charge in [-0.25, -0.2) is 0 Å². The largest absolute Gasteiger partial charge is 0.462 e. The number of allylic oxidation sites excluding steroid dienone is 5. The minimum Gasteiger partial charge on any atom is -0.462 e. The van der Waals surface area contributed by atoms with Crippen molar-refractivity contribution in [1.29, 1.82) is 0 Å². The number of hydrogen-bond acceptors (Lipinski definition) is 10. The molecule has 1 aliphatic heterocycles. The third kappa shape index (κ3) is 18.4. The van der Waals surface area contributed by atoms with E-state index in [1.807, 2.05) is 6.08 Å². The lowest BCUT2D eigenvalue weighted by molar-refractivity contribution is -0.305. The van der Waals surface area contributed by atoms with Gasteiger partial charge in [0.15, 0.2) is 12.4 Å². The standard InChI is InChI=1S/C33H56O10/c1-3-5-7-9-10-11-12-13-14-15-16-18-20-22-29(36)42-26(24-40-28(35)21-19-17-8-6-4-2)25-41-33-32(39)31(38)30(37)27(23-34)43-33/h3,7,9,11-12,26-27,30-34,37-39H,1,4-6,8,10,13-25H2,2H3/b9-7+,12-11-/t26-,27-,30+,31+,32-,33-/m1/s1. The molecule has 10 heteroatoms. The molecular formula is C33H56O10. The Morgan fingerprint density at radius 1 is 0.791 bits per heavy atom. The summed E-state index contributed by atoms with van der Waals surface area (Å²) in [4.78, 5) is 24.8. The summed E-state index contributed by atoms with van der Waals surface area (Å²) in [6.45, 7) is 4.70. The highest BCUT2D eigenvalue weighted by Gasteiger charge is 2.44. The molecule has 0 amide bonds.